The van der Waals surface area contributed by atoms with Crippen molar-refractivity contribution in [3.8, 4) is 0 Å². The van der Waals surface area contributed by atoms with E-state index in [1.807, 2.05) is 13.8 Å². The average Bonchev–Trinajstić information content (AvgIpc) is 2.27. The van der Waals surface area contributed by atoms with Gasteiger partial charge in [-0.1, -0.05) is 11.8 Å². The quantitative estimate of drug-likeness (QED) is 0.630. The maximum atomic E-state index is 11.7. The van der Waals surface area contributed by atoms with E-state index in [1.165, 1.54) is 17.8 Å². The standard InChI is InChI=1S/C11H17N3O2S/c1-4-14(5-2)10(16)7-17-11-12-8(3)6-9(15)13-11/h6H,4-5,7H2,1-3H3,(H,12,13,15). The molecule has 0 spiro atoms. The third-order valence-corrected chi connectivity index (χ3v) is 3.15. The number of thioether (sulfide) groups is 1. The number of hydrogen-bond donors (Lipinski definition) is 1. The molecule has 0 aliphatic heterocycles. The molecular formula is C11H17N3O2S. The molecule has 1 amide bonds. The zero-order valence-electron chi connectivity index (χ0n) is 10.3. The van der Waals surface area contributed by atoms with Crippen molar-refractivity contribution in [1.29, 1.82) is 0 Å². The third kappa shape index (κ3) is 4.22. The van der Waals surface area contributed by atoms with Gasteiger partial charge in [0.1, 0.15) is 0 Å². The van der Waals surface area contributed by atoms with Crippen molar-refractivity contribution in [3.63, 3.8) is 0 Å². The van der Waals surface area contributed by atoms with Gasteiger partial charge in [0.05, 0.1) is 5.75 Å². The molecule has 0 fully saturated rings. The van der Waals surface area contributed by atoms with Gasteiger partial charge in [0, 0.05) is 24.8 Å². The topological polar surface area (TPSA) is 66.1 Å². The van der Waals surface area contributed by atoms with E-state index in [-0.39, 0.29) is 11.5 Å². The van der Waals surface area contributed by atoms with Crippen molar-refractivity contribution in [2.75, 3.05) is 18.8 Å². The number of amides is 1. The molecule has 0 unspecified atom stereocenters. The van der Waals surface area contributed by atoms with Crippen LogP contribution in [0.5, 0.6) is 0 Å². The molecule has 0 saturated carbocycles. The fourth-order valence-corrected chi connectivity index (χ4v) is 2.24. The Hall–Kier alpha value is -1.30. The predicted octanol–water partition coefficient (Wildman–Crippen LogP) is 1.04. The molecule has 0 aliphatic carbocycles. The number of aromatic nitrogens is 2. The first-order valence-electron chi connectivity index (χ1n) is 5.55. The van der Waals surface area contributed by atoms with Gasteiger partial charge < -0.3 is 9.88 Å². The van der Waals surface area contributed by atoms with Crippen molar-refractivity contribution < 1.29 is 4.79 Å². The Morgan fingerprint density at radius 3 is 2.65 bits per heavy atom. The second-order valence-corrected chi connectivity index (χ2v) is 4.51. The van der Waals surface area contributed by atoms with E-state index in [1.54, 1.807) is 11.8 Å². The zero-order chi connectivity index (χ0) is 12.8. The Kier molecular flexibility index (Phi) is 5.21. The van der Waals surface area contributed by atoms with Gasteiger partial charge in [0.2, 0.25) is 5.91 Å². The van der Waals surface area contributed by atoms with Gasteiger partial charge in [0.15, 0.2) is 5.16 Å². The SMILES string of the molecule is CCN(CC)C(=O)CSc1nc(C)cc(=O)[nH]1. The summed E-state index contributed by atoms with van der Waals surface area (Å²) in [5.41, 5.74) is 0.474. The lowest BCUT2D eigenvalue weighted by atomic mass is 10.5. The van der Waals surface area contributed by atoms with Crippen LogP contribution in [0.2, 0.25) is 0 Å². The van der Waals surface area contributed by atoms with Crippen molar-refractivity contribution in [2.24, 2.45) is 0 Å². The second kappa shape index (κ2) is 6.44. The molecule has 1 heterocycles. The highest BCUT2D eigenvalue weighted by Crippen LogP contribution is 2.11. The van der Waals surface area contributed by atoms with Crippen LogP contribution in [0.25, 0.3) is 0 Å². The van der Waals surface area contributed by atoms with Crippen LogP contribution in [0.15, 0.2) is 16.0 Å². The molecule has 1 aromatic heterocycles. The number of carbonyl (C=O) groups excluding carboxylic acids is 1. The maximum Gasteiger partial charge on any atom is 0.251 e. The molecule has 0 atom stereocenters. The molecule has 1 N–H and O–H groups in total. The molecular weight excluding hydrogens is 238 g/mol. The number of carbonyl (C=O) groups is 1. The monoisotopic (exact) mass is 255 g/mol. The fourth-order valence-electron chi connectivity index (χ4n) is 1.42. The van der Waals surface area contributed by atoms with Crippen molar-refractivity contribution in [2.45, 2.75) is 25.9 Å². The fraction of sp³-hybridized carbons (Fsp3) is 0.545. The van der Waals surface area contributed by atoms with Gasteiger partial charge in [-0.25, -0.2) is 4.98 Å². The minimum Gasteiger partial charge on any atom is -0.343 e. The zero-order valence-corrected chi connectivity index (χ0v) is 11.1. The molecule has 0 saturated heterocycles. The van der Waals surface area contributed by atoms with Crippen LogP contribution in [0, 0.1) is 6.92 Å². The van der Waals surface area contributed by atoms with Crippen molar-refractivity contribution in [1.82, 2.24) is 14.9 Å². The van der Waals surface area contributed by atoms with Gasteiger partial charge in [0.25, 0.3) is 5.56 Å². The van der Waals surface area contributed by atoms with Crippen LogP contribution in [0.3, 0.4) is 0 Å². The van der Waals surface area contributed by atoms with E-state index in [4.69, 9.17) is 0 Å². The minimum atomic E-state index is -0.185. The molecule has 1 rings (SSSR count). The van der Waals surface area contributed by atoms with Crippen LogP contribution < -0.4 is 5.56 Å². The molecule has 5 nitrogen and oxygen atoms in total. The van der Waals surface area contributed by atoms with Crippen molar-refractivity contribution >= 4 is 17.7 Å². The Bertz CT molecular complexity index is 441. The lowest BCUT2D eigenvalue weighted by molar-refractivity contribution is -0.127. The van der Waals surface area contributed by atoms with E-state index in [0.717, 1.165) is 0 Å². The number of rotatable bonds is 5. The molecule has 0 bridgehead atoms. The summed E-state index contributed by atoms with van der Waals surface area (Å²) in [7, 11) is 0. The summed E-state index contributed by atoms with van der Waals surface area (Å²) in [4.78, 5) is 31.4. The highest BCUT2D eigenvalue weighted by molar-refractivity contribution is 7.99. The van der Waals surface area contributed by atoms with E-state index in [9.17, 15) is 9.59 Å². The largest absolute Gasteiger partial charge is 0.343 e. The number of H-pyrrole nitrogens is 1. The number of nitrogens with one attached hydrogen (secondary N) is 1. The minimum absolute atomic E-state index is 0.0594. The van der Waals surface area contributed by atoms with Crippen LogP contribution >= 0.6 is 11.8 Å². The summed E-state index contributed by atoms with van der Waals surface area (Å²) >= 11 is 1.26. The lowest BCUT2D eigenvalue weighted by Gasteiger charge is -2.17. The normalized spacial score (nSPS) is 10.3. The highest BCUT2D eigenvalue weighted by Gasteiger charge is 2.10. The first-order valence-corrected chi connectivity index (χ1v) is 6.54. The van der Waals surface area contributed by atoms with Crippen LogP contribution in [0.4, 0.5) is 0 Å². The predicted molar refractivity (Wildman–Crippen MR) is 68.2 cm³/mol. The van der Waals surface area contributed by atoms with E-state index in [2.05, 4.69) is 9.97 Å². The van der Waals surface area contributed by atoms with E-state index < -0.39 is 0 Å². The average molecular weight is 255 g/mol. The van der Waals surface area contributed by atoms with Crippen LogP contribution in [-0.2, 0) is 4.79 Å². The Balaban J connectivity index is 2.61. The summed E-state index contributed by atoms with van der Waals surface area (Å²) in [5.74, 6) is 0.359. The Morgan fingerprint density at radius 1 is 1.47 bits per heavy atom. The van der Waals surface area contributed by atoms with Crippen LogP contribution in [-0.4, -0.2) is 39.6 Å². The second-order valence-electron chi connectivity index (χ2n) is 3.55. The number of nitrogens with zero attached hydrogens (tertiary/aromatic N) is 2. The third-order valence-electron chi connectivity index (χ3n) is 2.30. The molecule has 1 aromatic rings. The molecule has 0 aromatic carbocycles. The highest BCUT2D eigenvalue weighted by atomic mass is 32.2. The smallest absolute Gasteiger partial charge is 0.251 e. The summed E-state index contributed by atoms with van der Waals surface area (Å²) < 4.78 is 0. The first kappa shape index (κ1) is 13.8. The molecule has 0 aliphatic rings. The summed E-state index contributed by atoms with van der Waals surface area (Å²) in [6.45, 7) is 7.05. The molecule has 6 heteroatoms. The summed E-state index contributed by atoms with van der Waals surface area (Å²) in [6.07, 6.45) is 0. The van der Waals surface area contributed by atoms with Gasteiger partial charge in [-0.2, -0.15) is 0 Å². The van der Waals surface area contributed by atoms with Gasteiger partial charge in [-0.15, -0.1) is 0 Å². The van der Waals surface area contributed by atoms with Crippen molar-refractivity contribution in [3.05, 3.63) is 22.1 Å². The Morgan fingerprint density at radius 2 is 2.12 bits per heavy atom. The Labute approximate surface area is 105 Å². The van der Waals surface area contributed by atoms with Gasteiger partial charge in [-0.05, 0) is 20.8 Å². The molecule has 94 valence electrons. The van der Waals surface area contributed by atoms with Crippen LogP contribution in [0.1, 0.15) is 19.5 Å². The molecule has 0 radical (unpaired) electrons. The molecule has 17 heavy (non-hydrogen) atoms. The first-order chi connectivity index (χ1) is 8.06. The maximum absolute atomic E-state index is 11.7. The van der Waals surface area contributed by atoms with E-state index in [0.29, 0.717) is 29.7 Å². The summed E-state index contributed by atoms with van der Waals surface area (Å²) in [5, 5.41) is 0.496. The van der Waals surface area contributed by atoms with Gasteiger partial charge in [-0.3, -0.25) is 9.59 Å². The van der Waals surface area contributed by atoms with Gasteiger partial charge >= 0.3 is 0 Å². The summed E-state index contributed by atoms with van der Waals surface area (Å²) in [6, 6.07) is 1.43. The number of aromatic amines is 1. The lowest BCUT2D eigenvalue weighted by Crippen LogP contribution is -2.32. The van der Waals surface area contributed by atoms with E-state index >= 15 is 0 Å². The number of aryl methyl sites for hydroxylation is 1. The number of hydrogen-bond acceptors (Lipinski definition) is 4.